The number of likely N-dealkylation sites (tertiary alicyclic amines) is 1. The molecule has 162 valence electrons. The average molecular weight is 437 g/mol. The molecule has 3 aromatic rings. The van der Waals surface area contributed by atoms with Crippen molar-refractivity contribution in [2.24, 2.45) is 0 Å². The minimum absolute atomic E-state index is 0.111. The highest BCUT2D eigenvalue weighted by Gasteiger charge is 2.20. The molecule has 0 spiro atoms. The number of rotatable bonds is 9. The molecule has 0 bridgehead atoms. The van der Waals surface area contributed by atoms with E-state index in [2.05, 4.69) is 50.8 Å². The van der Waals surface area contributed by atoms with Crippen LogP contribution in [0.15, 0.2) is 66.9 Å². The predicted octanol–water partition coefficient (Wildman–Crippen LogP) is 4.03. The van der Waals surface area contributed by atoms with Crippen molar-refractivity contribution in [1.82, 2.24) is 15.2 Å². The molecule has 1 fully saturated rings. The van der Waals surface area contributed by atoms with Gasteiger partial charge in [-0.3, -0.25) is 9.69 Å². The van der Waals surface area contributed by atoms with E-state index in [0.717, 1.165) is 43.4 Å². The second kappa shape index (κ2) is 10.9. The minimum Gasteiger partial charge on any atom is -0.492 e. The summed E-state index contributed by atoms with van der Waals surface area (Å²) >= 11 is 1.40. The second-order valence-corrected chi connectivity index (χ2v) is 8.66. The van der Waals surface area contributed by atoms with Crippen molar-refractivity contribution >= 4 is 22.4 Å². The molecular weight excluding hydrogens is 408 g/mol. The molecular formula is C24H28N4O2S. The summed E-state index contributed by atoms with van der Waals surface area (Å²) in [7, 11) is 0. The fraction of sp³-hybridized carbons (Fsp3) is 0.333. The second-order valence-electron chi connectivity index (χ2n) is 7.63. The summed E-state index contributed by atoms with van der Waals surface area (Å²) in [4.78, 5) is 19.8. The molecule has 4 rings (SSSR count). The highest BCUT2D eigenvalue weighted by Crippen LogP contribution is 2.22. The van der Waals surface area contributed by atoms with Gasteiger partial charge in [0.25, 0.3) is 5.91 Å². The molecule has 0 aliphatic carbocycles. The van der Waals surface area contributed by atoms with Gasteiger partial charge in [-0.05, 0) is 30.5 Å². The van der Waals surface area contributed by atoms with Gasteiger partial charge in [-0.25, -0.2) is 4.98 Å². The maximum absolute atomic E-state index is 12.3. The largest absolute Gasteiger partial charge is 0.492 e. The SMILES string of the molecule is O=C(NCCOc1ccccc1)c1cnc(NC2CCN(Cc3ccccc3)CC2)s1. The number of benzene rings is 2. The van der Waals surface area contributed by atoms with Crippen molar-refractivity contribution in [2.45, 2.75) is 25.4 Å². The molecule has 2 N–H and O–H groups in total. The number of ether oxygens (including phenoxy) is 1. The molecule has 0 radical (unpaired) electrons. The molecule has 1 amide bonds. The van der Waals surface area contributed by atoms with Crippen molar-refractivity contribution < 1.29 is 9.53 Å². The van der Waals surface area contributed by atoms with Gasteiger partial charge in [-0.1, -0.05) is 59.9 Å². The zero-order valence-electron chi connectivity index (χ0n) is 17.5. The Morgan fingerprint density at radius 2 is 1.77 bits per heavy atom. The number of piperidine rings is 1. The highest BCUT2D eigenvalue weighted by molar-refractivity contribution is 7.17. The number of nitrogens with one attached hydrogen (secondary N) is 2. The zero-order chi connectivity index (χ0) is 21.3. The van der Waals surface area contributed by atoms with Gasteiger partial charge in [0, 0.05) is 25.7 Å². The number of carbonyl (C=O) groups is 1. The van der Waals surface area contributed by atoms with Gasteiger partial charge >= 0.3 is 0 Å². The summed E-state index contributed by atoms with van der Waals surface area (Å²) in [6.45, 7) is 4.01. The van der Waals surface area contributed by atoms with Crippen LogP contribution in [0.4, 0.5) is 5.13 Å². The fourth-order valence-corrected chi connectivity index (χ4v) is 4.44. The van der Waals surface area contributed by atoms with Crippen LogP contribution in [0.25, 0.3) is 0 Å². The predicted molar refractivity (Wildman–Crippen MR) is 125 cm³/mol. The van der Waals surface area contributed by atoms with E-state index in [4.69, 9.17) is 4.74 Å². The van der Waals surface area contributed by atoms with Crippen LogP contribution in [0.2, 0.25) is 0 Å². The van der Waals surface area contributed by atoms with Crippen molar-refractivity contribution in [1.29, 1.82) is 0 Å². The van der Waals surface area contributed by atoms with Crippen LogP contribution in [0.5, 0.6) is 5.75 Å². The maximum atomic E-state index is 12.3. The number of nitrogens with zero attached hydrogens (tertiary/aromatic N) is 2. The molecule has 0 atom stereocenters. The Balaban J connectivity index is 1.16. The summed E-state index contributed by atoms with van der Waals surface area (Å²) in [5.41, 5.74) is 1.36. The monoisotopic (exact) mass is 436 g/mol. The average Bonchev–Trinajstić information content (AvgIpc) is 3.28. The number of aromatic nitrogens is 1. The Kier molecular flexibility index (Phi) is 7.52. The normalized spacial score (nSPS) is 14.8. The number of carbonyl (C=O) groups excluding carboxylic acids is 1. The Labute approximate surface area is 187 Å². The quantitative estimate of drug-likeness (QED) is 0.496. The lowest BCUT2D eigenvalue weighted by Gasteiger charge is -2.32. The van der Waals surface area contributed by atoms with Gasteiger partial charge in [-0.15, -0.1) is 0 Å². The molecule has 1 aliphatic heterocycles. The summed E-state index contributed by atoms with van der Waals surface area (Å²) in [5.74, 6) is 0.690. The third-order valence-corrected chi connectivity index (χ3v) is 6.22. The van der Waals surface area contributed by atoms with Crippen LogP contribution < -0.4 is 15.4 Å². The summed E-state index contributed by atoms with van der Waals surface area (Å²) in [6, 6.07) is 20.6. The van der Waals surface area contributed by atoms with E-state index in [0.29, 0.717) is 24.1 Å². The Morgan fingerprint density at radius 1 is 1.06 bits per heavy atom. The van der Waals surface area contributed by atoms with E-state index in [1.807, 2.05) is 30.3 Å². The number of thiazole rings is 1. The van der Waals surface area contributed by atoms with E-state index in [1.165, 1.54) is 16.9 Å². The van der Waals surface area contributed by atoms with Gasteiger partial charge < -0.3 is 15.4 Å². The lowest BCUT2D eigenvalue weighted by atomic mass is 10.0. The first-order valence-electron chi connectivity index (χ1n) is 10.7. The number of anilines is 1. The van der Waals surface area contributed by atoms with E-state index >= 15 is 0 Å². The molecule has 6 nitrogen and oxygen atoms in total. The Bertz CT molecular complexity index is 940. The first kappa shape index (κ1) is 21.3. The molecule has 1 aliphatic rings. The first-order chi connectivity index (χ1) is 15.3. The molecule has 7 heteroatoms. The molecule has 31 heavy (non-hydrogen) atoms. The zero-order valence-corrected chi connectivity index (χ0v) is 18.3. The van der Waals surface area contributed by atoms with E-state index in [-0.39, 0.29) is 5.91 Å². The topological polar surface area (TPSA) is 66.5 Å². The van der Waals surface area contributed by atoms with Crippen molar-refractivity contribution in [3.05, 3.63) is 77.3 Å². The minimum atomic E-state index is -0.111. The number of hydrogen-bond donors (Lipinski definition) is 2. The third-order valence-electron chi connectivity index (χ3n) is 5.29. The number of hydrogen-bond acceptors (Lipinski definition) is 6. The highest BCUT2D eigenvalue weighted by atomic mass is 32.1. The molecule has 2 aromatic carbocycles. The van der Waals surface area contributed by atoms with Crippen molar-refractivity contribution in [3.8, 4) is 5.75 Å². The molecule has 1 saturated heterocycles. The van der Waals surface area contributed by atoms with Gasteiger partial charge in [0.1, 0.15) is 17.2 Å². The smallest absolute Gasteiger partial charge is 0.263 e. The van der Waals surface area contributed by atoms with Gasteiger partial charge in [0.05, 0.1) is 12.7 Å². The Morgan fingerprint density at radius 3 is 2.52 bits per heavy atom. The Hall–Kier alpha value is -2.90. The summed E-state index contributed by atoms with van der Waals surface area (Å²) < 4.78 is 5.60. The lowest BCUT2D eigenvalue weighted by Crippen LogP contribution is -2.38. The van der Waals surface area contributed by atoms with Gasteiger partial charge in [0.2, 0.25) is 0 Å². The van der Waals surface area contributed by atoms with Crippen molar-refractivity contribution in [3.63, 3.8) is 0 Å². The summed E-state index contributed by atoms with van der Waals surface area (Å²) in [6.07, 6.45) is 3.79. The van der Waals surface area contributed by atoms with Crippen LogP contribution in [-0.2, 0) is 6.54 Å². The van der Waals surface area contributed by atoms with Crippen LogP contribution >= 0.6 is 11.3 Å². The molecule has 0 saturated carbocycles. The standard InChI is InChI=1S/C24H28N4O2S/c29-23(25-13-16-30-21-9-5-2-6-10-21)22-17-26-24(31-22)27-20-11-14-28(15-12-20)18-19-7-3-1-4-8-19/h1-10,17,20H,11-16,18H2,(H,25,29)(H,26,27). The molecule has 2 heterocycles. The van der Waals surface area contributed by atoms with Crippen LogP contribution in [0.1, 0.15) is 28.1 Å². The van der Waals surface area contributed by atoms with E-state index < -0.39 is 0 Å². The van der Waals surface area contributed by atoms with Gasteiger partial charge in [0.15, 0.2) is 5.13 Å². The van der Waals surface area contributed by atoms with Crippen LogP contribution in [0, 0.1) is 0 Å². The van der Waals surface area contributed by atoms with Crippen LogP contribution in [-0.4, -0.2) is 48.1 Å². The fourth-order valence-electron chi connectivity index (χ4n) is 3.63. The van der Waals surface area contributed by atoms with E-state index in [1.54, 1.807) is 6.20 Å². The lowest BCUT2D eigenvalue weighted by molar-refractivity contribution is 0.0951. The maximum Gasteiger partial charge on any atom is 0.263 e. The third kappa shape index (κ3) is 6.54. The molecule has 0 unspecified atom stereocenters. The van der Waals surface area contributed by atoms with Crippen molar-refractivity contribution in [2.75, 3.05) is 31.6 Å². The first-order valence-corrected chi connectivity index (χ1v) is 11.5. The number of amides is 1. The molecule has 1 aromatic heterocycles. The van der Waals surface area contributed by atoms with E-state index in [9.17, 15) is 4.79 Å². The van der Waals surface area contributed by atoms with Gasteiger partial charge in [-0.2, -0.15) is 0 Å². The van der Waals surface area contributed by atoms with Crippen LogP contribution in [0.3, 0.4) is 0 Å². The number of para-hydroxylation sites is 1. The summed E-state index contributed by atoms with van der Waals surface area (Å²) in [5, 5.41) is 7.20.